The SMILES string of the molecule is CCCCC(=O)N(CCCC)c1cccc(Cn2ccnc2)c1. The van der Waals surface area contributed by atoms with Gasteiger partial charge in [0, 0.05) is 37.6 Å². The normalized spacial score (nSPS) is 10.7. The molecule has 0 spiro atoms. The van der Waals surface area contributed by atoms with Gasteiger partial charge < -0.3 is 9.47 Å². The molecule has 4 nitrogen and oxygen atoms in total. The lowest BCUT2D eigenvalue weighted by molar-refractivity contribution is -0.118. The molecule has 0 bridgehead atoms. The fourth-order valence-electron chi connectivity index (χ4n) is 2.59. The van der Waals surface area contributed by atoms with E-state index in [4.69, 9.17) is 0 Å². The van der Waals surface area contributed by atoms with Crippen LogP contribution in [0.5, 0.6) is 0 Å². The van der Waals surface area contributed by atoms with Gasteiger partial charge in [-0.2, -0.15) is 0 Å². The van der Waals surface area contributed by atoms with Crippen LogP contribution >= 0.6 is 0 Å². The highest BCUT2D eigenvalue weighted by Gasteiger charge is 2.15. The Morgan fingerprint density at radius 3 is 2.74 bits per heavy atom. The number of carbonyl (C=O) groups excluding carboxylic acids is 1. The van der Waals surface area contributed by atoms with Crippen molar-refractivity contribution in [3.8, 4) is 0 Å². The number of hydrogen-bond acceptors (Lipinski definition) is 2. The number of benzene rings is 1. The van der Waals surface area contributed by atoms with Gasteiger partial charge in [0.15, 0.2) is 0 Å². The summed E-state index contributed by atoms with van der Waals surface area (Å²) in [5.74, 6) is 0.236. The predicted molar refractivity (Wildman–Crippen MR) is 94.6 cm³/mol. The second kappa shape index (κ2) is 9.13. The molecule has 2 rings (SSSR count). The quantitative estimate of drug-likeness (QED) is 0.694. The summed E-state index contributed by atoms with van der Waals surface area (Å²) in [4.78, 5) is 18.6. The molecule has 0 saturated heterocycles. The van der Waals surface area contributed by atoms with E-state index >= 15 is 0 Å². The first-order valence-corrected chi connectivity index (χ1v) is 8.59. The standard InChI is InChI=1S/C19H27N3O/c1-3-5-10-19(23)22(12-6-4-2)18-9-7-8-17(14-18)15-21-13-11-20-16-21/h7-9,11,13-14,16H,3-6,10,12,15H2,1-2H3. The molecule has 0 saturated carbocycles. The third-order valence-electron chi connectivity index (χ3n) is 3.93. The lowest BCUT2D eigenvalue weighted by atomic mass is 10.1. The summed E-state index contributed by atoms with van der Waals surface area (Å²) in [5.41, 5.74) is 2.20. The highest BCUT2D eigenvalue weighted by atomic mass is 16.2. The lowest BCUT2D eigenvalue weighted by Crippen LogP contribution is -2.31. The molecular weight excluding hydrogens is 286 g/mol. The van der Waals surface area contributed by atoms with Crippen LogP contribution in [0.2, 0.25) is 0 Å². The van der Waals surface area contributed by atoms with Gasteiger partial charge >= 0.3 is 0 Å². The molecule has 0 aliphatic rings. The Labute approximate surface area is 139 Å². The molecule has 0 aliphatic heterocycles. The maximum Gasteiger partial charge on any atom is 0.226 e. The summed E-state index contributed by atoms with van der Waals surface area (Å²) in [5, 5.41) is 0. The Hall–Kier alpha value is -2.10. The number of rotatable bonds is 9. The molecule has 0 N–H and O–H groups in total. The smallest absolute Gasteiger partial charge is 0.226 e. The largest absolute Gasteiger partial charge is 0.333 e. The van der Waals surface area contributed by atoms with Crippen LogP contribution in [0, 0.1) is 0 Å². The summed E-state index contributed by atoms with van der Waals surface area (Å²) in [6.07, 6.45) is 10.3. The van der Waals surface area contributed by atoms with Crippen LogP contribution in [0.3, 0.4) is 0 Å². The maximum atomic E-state index is 12.5. The number of nitrogens with zero attached hydrogens (tertiary/aromatic N) is 3. The molecule has 0 unspecified atom stereocenters. The molecule has 4 heteroatoms. The topological polar surface area (TPSA) is 38.1 Å². The van der Waals surface area contributed by atoms with E-state index in [0.29, 0.717) is 6.42 Å². The van der Waals surface area contributed by atoms with Gasteiger partial charge in [-0.05, 0) is 30.5 Å². The van der Waals surface area contributed by atoms with Gasteiger partial charge in [-0.25, -0.2) is 4.98 Å². The zero-order chi connectivity index (χ0) is 16.5. The number of anilines is 1. The lowest BCUT2D eigenvalue weighted by Gasteiger charge is -2.23. The first kappa shape index (κ1) is 17.3. The molecule has 1 aromatic carbocycles. The predicted octanol–water partition coefficient (Wildman–Crippen LogP) is 4.25. The highest BCUT2D eigenvalue weighted by Crippen LogP contribution is 2.19. The minimum Gasteiger partial charge on any atom is -0.333 e. The van der Waals surface area contributed by atoms with E-state index in [-0.39, 0.29) is 5.91 Å². The van der Waals surface area contributed by atoms with Crippen LogP contribution in [-0.2, 0) is 11.3 Å². The highest BCUT2D eigenvalue weighted by molar-refractivity contribution is 5.93. The van der Waals surface area contributed by atoms with Gasteiger partial charge in [-0.1, -0.05) is 38.8 Å². The third-order valence-corrected chi connectivity index (χ3v) is 3.93. The van der Waals surface area contributed by atoms with E-state index in [0.717, 1.165) is 44.5 Å². The monoisotopic (exact) mass is 313 g/mol. The van der Waals surface area contributed by atoms with Crippen LogP contribution in [0.1, 0.15) is 51.5 Å². The van der Waals surface area contributed by atoms with Gasteiger partial charge in [0.05, 0.1) is 6.33 Å². The van der Waals surface area contributed by atoms with Crippen molar-refractivity contribution in [3.05, 3.63) is 48.5 Å². The second-order valence-electron chi connectivity index (χ2n) is 5.91. The molecule has 2 aromatic rings. The van der Waals surface area contributed by atoms with Crippen molar-refractivity contribution in [2.24, 2.45) is 0 Å². The Morgan fingerprint density at radius 1 is 1.22 bits per heavy atom. The first-order chi connectivity index (χ1) is 11.2. The molecule has 0 fully saturated rings. The van der Waals surface area contributed by atoms with Crippen molar-refractivity contribution in [2.75, 3.05) is 11.4 Å². The second-order valence-corrected chi connectivity index (χ2v) is 5.91. The first-order valence-electron chi connectivity index (χ1n) is 8.59. The van der Waals surface area contributed by atoms with Crippen LogP contribution in [0.25, 0.3) is 0 Å². The van der Waals surface area contributed by atoms with E-state index in [2.05, 4.69) is 31.0 Å². The van der Waals surface area contributed by atoms with E-state index in [1.165, 1.54) is 5.56 Å². The van der Waals surface area contributed by atoms with E-state index in [1.807, 2.05) is 34.1 Å². The van der Waals surface area contributed by atoms with Crippen LogP contribution in [0.15, 0.2) is 43.0 Å². The summed E-state index contributed by atoms with van der Waals surface area (Å²) in [6, 6.07) is 8.29. The molecule has 1 heterocycles. The number of amides is 1. The average molecular weight is 313 g/mol. The Morgan fingerprint density at radius 2 is 2.04 bits per heavy atom. The molecule has 1 aromatic heterocycles. The summed E-state index contributed by atoms with van der Waals surface area (Å²) in [6.45, 7) is 5.85. The van der Waals surface area contributed by atoms with Crippen molar-refractivity contribution in [1.29, 1.82) is 0 Å². The van der Waals surface area contributed by atoms with Crippen LogP contribution < -0.4 is 4.90 Å². The van der Waals surface area contributed by atoms with Crippen molar-refractivity contribution >= 4 is 11.6 Å². The Balaban J connectivity index is 2.14. The third kappa shape index (κ3) is 5.23. The Kier molecular flexibility index (Phi) is 6.85. The zero-order valence-electron chi connectivity index (χ0n) is 14.2. The number of hydrogen-bond donors (Lipinski definition) is 0. The van der Waals surface area contributed by atoms with Gasteiger partial charge in [0.1, 0.15) is 0 Å². The Bertz CT molecular complexity index is 592. The van der Waals surface area contributed by atoms with Gasteiger partial charge in [-0.3, -0.25) is 4.79 Å². The fourth-order valence-corrected chi connectivity index (χ4v) is 2.59. The van der Waals surface area contributed by atoms with Crippen molar-refractivity contribution in [3.63, 3.8) is 0 Å². The molecule has 23 heavy (non-hydrogen) atoms. The van der Waals surface area contributed by atoms with E-state index < -0.39 is 0 Å². The van der Waals surface area contributed by atoms with Crippen molar-refractivity contribution in [2.45, 2.75) is 52.5 Å². The molecule has 0 atom stereocenters. The van der Waals surface area contributed by atoms with E-state index in [1.54, 1.807) is 6.20 Å². The number of aromatic nitrogens is 2. The molecule has 0 aliphatic carbocycles. The van der Waals surface area contributed by atoms with Crippen LogP contribution in [0.4, 0.5) is 5.69 Å². The average Bonchev–Trinajstić information content (AvgIpc) is 3.06. The van der Waals surface area contributed by atoms with Crippen molar-refractivity contribution in [1.82, 2.24) is 9.55 Å². The summed E-state index contributed by atoms with van der Waals surface area (Å²) in [7, 11) is 0. The minimum absolute atomic E-state index is 0.236. The van der Waals surface area contributed by atoms with Crippen LogP contribution in [-0.4, -0.2) is 22.0 Å². The van der Waals surface area contributed by atoms with Gasteiger partial charge in [0.2, 0.25) is 5.91 Å². The maximum absolute atomic E-state index is 12.5. The van der Waals surface area contributed by atoms with Gasteiger partial charge in [-0.15, -0.1) is 0 Å². The number of carbonyl (C=O) groups is 1. The van der Waals surface area contributed by atoms with Crippen molar-refractivity contribution < 1.29 is 4.79 Å². The minimum atomic E-state index is 0.236. The number of unbranched alkanes of at least 4 members (excludes halogenated alkanes) is 2. The zero-order valence-corrected chi connectivity index (χ0v) is 14.2. The summed E-state index contributed by atoms with van der Waals surface area (Å²) >= 11 is 0. The molecular formula is C19H27N3O. The molecule has 0 radical (unpaired) electrons. The summed E-state index contributed by atoms with van der Waals surface area (Å²) < 4.78 is 2.04. The fraction of sp³-hybridized carbons (Fsp3) is 0.474. The van der Waals surface area contributed by atoms with Gasteiger partial charge in [0.25, 0.3) is 0 Å². The molecule has 124 valence electrons. The van der Waals surface area contributed by atoms with E-state index in [9.17, 15) is 4.79 Å². The molecule has 1 amide bonds. The number of imidazole rings is 1.